The third-order valence-electron chi connectivity index (χ3n) is 3.62. The topological polar surface area (TPSA) is 218 Å². The number of non-ortho nitro benzene ring substituents is 1. The van der Waals surface area contributed by atoms with E-state index in [-0.39, 0.29) is 12.3 Å². The number of nitrogens with zero attached hydrogens (tertiary/aromatic N) is 1. The van der Waals surface area contributed by atoms with Gasteiger partial charge in [-0.15, -0.1) is 0 Å². The average molecular weight is 457 g/mol. The molecule has 1 aromatic carbocycles. The Morgan fingerprint density at radius 3 is 2.19 bits per heavy atom. The minimum absolute atomic E-state index is 0.177. The van der Waals surface area contributed by atoms with Crippen LogP contribution in [0.5, 0.6) is 0 Å². The number of nitro benzene ring substituents is 1. The van der Waals surface area contributed by atoms with Crippen molar-refractivity contribution >= 4 is 29.6 Å². The monoisotopic (exact) mass is 457 g/mol. The Kier molecular flexibility index (Phi) is 8.61. The maximum Gasteiger partial charge on any atom is 0.410 e. The number of nitrogens with one attached hydrogen (secondary N) is 1. The summed E-state index contributed by atoms with van der Waals surface area (Å²) in [5.41, 5.74) is 0.918. The lowest BCUT2D eigenvalue weighted by atomic mass is 10.1. The minimum atomic E-state index is -3.15. The smallest absolute Gasteiger partial charge is 0.410 e. The quantitative estimate of drug-likeness (QED) is 0.156. The maximum absolute atomic E-state index is 12.0. The van der Waals surface area contributed by atoms with Crippen LogP contribution >= 0.6 is 0 Å². The van der Waals surface area contributed by atoms with Crippen molar-refractivity contribution in [2.24, 2.45) is 5.73 Å². The van der Waals surface area contributed by atoms with Gasteiger partial charge in [0.05, 0.1) is 4.92 Å². The van der Waals surface area contributed by atoms with Gasteiger partial charge in [-0.05, 0) is 38.5 Å². The van der Waals surface area contributed by atoms with E-state index in [4.69, 9.17) is 19.9 Å². The second kappa shape index (κ2) is 10.5. The zero-order chi connectivity index (χ0) is 24.7. The number of carboxylic acids is 1. The molecule has 0 aliphatic carbocycles. The average Bonchev–Trinajstić information content (AvgIpc) is 2.67. The zero-order valence-corrected chi connectivity index (χ0v) is 17.4. The number of amides is 2. The lowest BCUT2D eigenvalue weighted by Gasteiger charge is -2.33. The number of benzene rings is 1. The van der Waals surface area contributed by atoms with E-state index in [1.54, 1.807) is 5.32 Å². The number of ether oxygens (including phenoxy) is 3. The van der Waals surface area contributed by atoms with Gasteiger partial charge >= 0.3 is 18.0 Å². The molecule has 0 aliphatic heterocycles. The predicted molar refractivity (Wildman–Crippen MR) is 104 cm³/mol. The molecule has 0 bridgehead atoms. The van der Waals surface area contributed by atoms with Crippen molar-refractivity contribution in [1.29, 1.82) is 0 Å². The largest absolute Gasteiger partial charge is 0.478 e. The number of nitrogens with two attached hydrogens (primary N) is 1. The van der Waals surface area contributed by atoms with E-state index < -0.39 is 52.9 Å². The normalized spacial score (nSPS) is 13.9. The lowest BCUT2D eigenvalue weighted by molar-refractivity contribution is -0.384. The number of aliphatic carboxylic acids is 1. The summed E-state index contributed by atoms with van der Waals surface area (Å²) in [6, 6.07) is 5.02. The molecule has 0 aliphatic rings. The summed E-state index contributed by atoms with van der Waals surface area (Å²) in [6.45, 7) is 2.93. The molecule has 14 nitrogen and oxygen atoms in total. The lowest BCUT2D eigenvalue weighted by Crippen LogP contribution is -2.67. The van der Waals surface area contributed by atoms with E-state index in [0.717, 1.165) is 0 Å². The van der Waals surface area contributed by atoms with Gasteiger partial charge in [0.2, 0.25) is 0 Å². The van der Waals surface area contributed by atoms with Crippen LogP contribution in [0.15, 0.2) is 24.3 Å². The zero-order valence-electron chi connectivity index (χ0n) is 17.4. The molecule has 5 N–H and O–H groups in total. The molecule has 0 saturated heterocycles. The van der Waals surface area contributed by atoms with Gasteiger partial charge in [-0.2, -0.15) is 0 Å². The number of primary amides is 1. The molecule has 1 unspecified atom stereocenters. The number of esters is 1. The highest BCUT2D eigenvalue weighted by molar-refractivity contribution is 5.92. The predicted octanol–water partition coefficient (Wildman–Crippen LogP) is -0.194. The molecule has 0 spiro atoms. The number of hydrogen-bond acceptors (Lipinski definition) is 10. The highest BCUT2D eigenvalue weighted by Gasteiger charge is 2.52. The summed E-state index contributed by atoms with van der Waals surface area (Å²) >= 11 is 0. The van der Waals surface area contributed by atoms with Crippen LogP contribution in [-0.4, -0.2) is 63.1 Å². The minimum Gasteiger partial charge on any atom is -0.478 e. The van der Waals surface area contributed by atoms with Gasteiger partial charge in [0, 0.05) is 12.1 Å². The Bertz CT molecular complexity index is 879. The van der Waals surface area contributed by atoms with Crippen LogP contribution in [0.3, 0.4) is 0 Å². The number of carboxylic acid groups (broad SMARTS) is 1. The van der Waals surface area contributed by atoms with E-state index in [0.29, 0.717) is 5.56 Å². The number of alkyl carbamates (subject to hydrolysis) is 1. The van der Waals surface area contributed by atoms with Crippen molar-refractivity contribution in [3.05, 3.63) is 39.9 Å². The molecular formula is C18H23N3O11. The number of nitro groups is 1. The number of aliphatic hydroxyl groups excluding tert-OH is 1. The summed E-state index contributed by atoms with van der Waals surface area (Å²) in [5, 5.41) is 31.8. The Balaban J connectivity index is 2.90. The van der Waals surface area contributed by atoms with Gasteiger partial charge in [0.25, 0.3) is 17.3 Å². The standard InChI is InChI=1S/C18H23N3O11/c1-17(2,3)32-16(27)20-18(15(25)26,13(23)14(19)24)31-9-12(22)30-8-10-4-6-11(7-5-10)21(28)29/h4-7,13,23H,8-9H2,1-3H3,(H2,19,24)(H,20,27)(H,25,26)/t13?,18-/m1/s1. The number of carbonyl (C=O) groups is 4. The second-order valence-electron chi connectivity index (χ2n) is 7.35. The van der Waals surface area contributed by atoms with Crippen LogP contribution in [-0.2, 0) is 35.2 Å². The molecule has 1 rings (SSSR count). The molecule has 0 saturated carbocycles. The molecule has 0 heterocycles. The van der Waals surface area contributed by atoms with Crippen LogP contribution in [0, 0.1) is 10.1 Å². The van der Waals surface area contributed by atoms with Crippen molar-refractivity contribution in [2.45, 2.75) is 44.8 Å². The molecule has 176 valence electrons. The van der Waals surface area contributed by atoms with Gasteiger partial charge in [-0.3, -0.25) is 20.2 Å². The van der Waals surface area contributed by atoms with Crippen molar-refractivity contribution < 1.29 is 48.5 Å². The third kappa shape index (κ3) is 7.48. The van der Waals surface area contributed by atoms with Crippen LogP contribution in [0.25, 0.3) is 0 Å². The molecule has 0 aromatic heterocycles. The van der Waals surface area contributed by atoms with E-state index in [1.165, 1.54) is 45.0 Å². The van der Waals surface area contributed by atoms with Gasteiger partial charge < -0.3 is 30.2 Å². The number of rotatable bonds is 10. The van der Waals surface area contributed by atoms with E-state index in [1.807, 2.05) is 0 Å². The Labute approximate surface area is 181 Å². The maximum atomic E-state index is 12.0. The molecule has 2 amide bonds. The van der Waals surface area contributed by atoms with E-state index in [9.17, 15) is 39.5 Å². The van der Waals surface area contributed by atoms with Crippen LogP contribution in [0.4, 0.5) is 10.5 Å². The van der Waals surface area contributed by atoms with Crippen LogP contribution in [0.2, 0.25) is 0 Å². The highest BCUT2D eigenvalue weighted by atomic mass is 16.6. The van der Waals surface area contributed by atoms with Gasteiger partial charge in [-0.25, -0.2) is 14.4 Å². The second-order valence-corrected chi connectivity index (χ2v) is 7.35. The van der Waals surface area contributed by atoms with Gasteiger partial charge in [-0.1, -0.05) is 0 Å². The highest BCUT2D eigenvalue weighted by Crippen LogP contribution is 2.17. The third-order valence-corrected chi connectivity index (χ3v) is 3.62. The van der Waals surface area contributed by atoms with Crippen molar-refractivity contribution in [3.63, 3.8) is 0 Å². The summed E-state index contributed by atoms with van der Waals surface area (Å²) in [6.07, 6.45) is -3.98. The molecule has 0 fully saturated rings. The molecule has 32 heavy (non-hydrogen) atoms. The molecular weight excluding hydrogens is 434 g/mol. The van der Waals surface area contributed by atoms with Crippen LogP contribution in [0.1, 0.15) is 26.3 Å². The molecule has 0 radical (unpaired) electrons. The number of hydrogen-bond donors (Lipinski definition) is 4. The number of aliphatic hydroxyl groups is 1. The summed E-state index contributed by atoms with van der Waals surface area (Å²) < 4.78 is 14.6. The SMILES string of the molecule is CC(C)(C)OC(=O)N[C@](OCC(=O)OCc1ccc([N+](=O)[O-])cc1)(C(=O)O)C(O)C(N)=O. The Hall–Kier alpha value is -3.78. The first-order valence-corrected chi connectivity index (χ1v) is 8.93. The first kappa shape index (κ1) is 26.3. The summed E-state index contributed by atoms with van der Waals surface area (Å²) in [5.74, 6) is -4.75. The van der Waals surface area contributed by atoms with Crippen molar-refractivity contribution in [1.82, 2.24) is 5.32 Å². The Morgan fingerprint density at radius 1 is 1.19 bits per heavy atom. The fraction of sp³-hybridized carbons (Fsp3) is 0.444. The first-order chi connectivity index (χ1) is 14.7. The summed E-state index contributed by atoms with van der Waals surface area (Å²) in [7, 11) is 0. The molecule has 2 atom stereocenters. The van der Waals surface area contributed by atoms with Gasteiger partial charge in [0.1, 0.15) is 18.8 Å². The van der Waals surface area contributed by atoms with Crippen molar-refractivity contribution in [3.8, 4) is 0 Å². The fourth-order valence-electron chi connectivity index (χ4n) is 2.16. The van der Waals surface area contributed by atoms with E-state index in [2.05, 4.69) is 0 Å². The molecule has 1 aromatic rings. The van der Waals surface area contributed by atoms with Gasteiger partial charge in [0.15, 0.2) is 6.10 Å². The summed E-state index contributed by atoms with van der Waals surface area (Å²) in [4.78, 5) is 57.2. The van der Waals surface area contributed by atoms with Crippen LogP contribution < -0.4 is 11.1 Å². The molecule has 14 heteroatoms. The Morgan fingerprint density at radius 2 is 1.75 bits per heavy atom. The number of carbonyl (C=O) groups excluding carboxylic acids is 3. The first-order valence-electron chi connectivity index (χ1n) is 8.93. The fourth-order valence-corrected chi connectivity index (χ4v) is 2.16. The van der Waals surface area contributed by atoms with E-state index >= 15 is 0 Å². The van der Waals surface area contributed by atoms with Crippen molar-refractivity contribution in [2.75, 3.05) is 6.61 Å².